The SMILES string of the molecule is O=C(O)C1CC(=O)N(C=Cc2ccccc2O)C1. The molecule has 0 bridgehead atoms. The van der Waals surface area contributed by atoms with Gasteiger partial charge in [0.25, 0.3) is 0 Å². The van der Waals surface area contributed by atoms with Crippen LogP contribution in [0.25, 0.3) is 6.08 Å². The molecule has 5 nitrogen and oxygen atoms in total. The summed E-state index contributed by atoms with van der Waals surface area (Å²) in [5, 5.41) is 18.4. The second-order valence-electron chi connectivity index (χ2n) is 4.16. The zero-order valence-corrected chi connectivity index (χ0v) is 9.61. The van der Waals surface area contributed by atoms with Gasteiger partial charge in [0.15, 0.2) is 0 Å². The molecule has 1 aliphatic heterocycles. The zero-order valence-electron chi connectivity index (χ0n) is 9.61. The highest BCUT2D eigenvalue weighted by atomic mass is 16.4. The van der Waals surface area contributed by atoms with Gasteiger partial charge in [0.1, 0.15) is 5.75 Å². The number of carbonyl (C=O) groups excluding carboxylic acids is 1. The van der Waals surface area contributed by atoms with E-state index in [1.54, 1.807) is 30.3 Å². The van der Waals surface area contributed by atoms with E-state index in [1.807, 2.05) is 0 Å². The number of carbonyl (C=O) groups is 2. The number of phenolic OH excluding ortho intramolecular Hbond substituents is 1. The minimum atomic E-state index is -0.957. The first-order chi connectivity index (χ1) is 8.58. The molecule has 1 aromatic rings. The number of phenols is 1. The zero-order chi connectivity index (χ0) is 13.1. The fraction of sp³-hybridized carbons (Fsp3) is 0.231. The van der Waals surface area contributed by atoms with Crippen molar-refractivity contribution in [1.82, 2.24) is 4.90 Å². The first kappa shape index (κ1) is 12.2. The van der Waals surface area contributed by atoms with Crippen LogP contribution in [0.2, 0.25) is 0 Å². The number of rotatable bonds is 3. The third kappa shape index (κ3) is 2.51. The Labute approximate surface area is 104 Å². The highest BCUT2D eigenvalue weighted by Gasteiger charge is 2.32. The van der Waals surface area contributed by atoms with Crippen LogP contribution < -0.4 is 0 Å². The Kier molecular flexibility index (Phi) is 3.32. The highest BCUT2D eigenvalue weighted by Crippen LogP contribution is 2.21. The maximum absolute atomic E-state index is 11.5. The smallest absolute Gasteiger partial charge is 0.308 e. The lowest BCUT2D eigenvalue weighted by molar-refractivity contribution is -0.141. The summed E-state index contributed by atoms with van der Waals surface area (Å²) in [6, 6.07) is 6.73. The van der Waals surface area contributed by atoms with E-state index in [2.05, 4.69) is 0 Å². The predicted octanol–water partition coefficient (Wildman–Crippen LogP) is 1.30. The van der Waals surface area contributed by atoms with Crippen molar-refractivity contribution in [3.8, 4) is 5.75 Å². The van der Waals surface area contributed by atoms with Gasteiger partial charge in [-0.1, -0.05) is 18.2 Å². The fourth-order valence-corrected chi connectivity index (χ4v) is 1.84. The second kappa shape index (κ2) is 4.91. The lowest BCUT2D eigenvalue weighted by atomic mass is 10.1. The number of nitrogens with zero attached hydrogens (tertiary/aromatic N) is 1. The molecule has 1 aromatic carbocycles. The summed E-state index contributed by atoms with van der Waals surface area (Å²) in [5.41, 5.74) is 0.587. The molecule has 1 unspecified atom stereocenters. The Balaban J connectivity index is 2.09. The second-order valence-corrected chi connectivity index (χ2v) is 4.16. The Morgan fingerprint density at radius 2 is 2.11 bits per heavy atom. The molecule has 1 amide bonds. The molecule has 2 rings (SSSR count). The summed E-state index contributed by atoms with van der Waals surface area (Å²) in [4.78, 5) is 23.7. The van der Waals surface area contributed by atoms with Crippen LogP contribution in [-0.2, 0) is 9.59 Å². The van der Waals surface area contributed by atoms with Crippen molar-refractivity contribution in [2.24, 2.45) is 5.92 Å². The third-order valence-corrected chi connectivity index (χ3v) is 2.88. The first-order valence-electron chi connectivity index (χ1n) is 5.56. The van der Waals surface area contributed by atoms with Crippen molar-refractivity contribution >= 4 is 18.0 Å². The van der Waals surface area contributed by atoms with Gasteiger partial charge in [0, 0.05) is 24.7 Å². The molecule has 0 aromatic heterocycles. The molecule has 0 aliphatic carbocycles. The van der Waals surface area contributed by atoms with E-state index in [0.29, 0.717) is 5.56 Å². The molecule has 1 aliphatic rings. The molecule has 1 heterocycles. The minimum absolute atomic E-state index is 0.0282. The van der Waals surface area contributed by atoms with E-state index in [0.717, 1.165) is 0 Å². The van der Waals surface area contributed by atoms with Crippen molar-refractivity contribution in [1.29, 1.82) is 0 Å². The minimum Gasteiger partial charge on any atom is -0.507 e. The average Bonchev–Trinajstić information content (AvgIpc) is 2.70. The normalized spacial score (nSPS) is 19.7. The van der Waals surface area contributed by atoms with Crippen molar-refractivity contribution < 1.29 is 19.8 Å². The van der Waals surface area contributed by atoms with Gasteiger partial charge < -0.3 is 15.1 Å². The number of amides is 1. The summed E-state index contributed by atoms with van der Waals surface area (Å²) < 4.78 is 0. The van der Waals surface area contributed by atoms with E-state index in [4.69, 9.17) is 5.11 Å². The maximum Gasteiger partial charge on any atom is 0.308 e. The van der Waals surface area contributed by atoms with Crippen LogP contribution in [0.1, 0.15) is 12.0 Å². The van der Waals surface area contributed by atoms with Crippen LogP contribution >= 0.6 is 0 Å². The van der Waals surface area contributed by atoms with E-state index in [9.17, 15) is 14.7 Å². The van der Waals surface area contributed by atoms with Gasteiger partial charge in [-0.05, 0) is 12.1 Å². The molecule has 1 fully saturated rings. The Morgan fingerprint density at radius 3 is 2.72 bits per heavy atom. The van der Waals surface area contributed by atoms with Crippen molar-refractivity contribution in [3.05, 3.63) is 36.0 Å². The fourth-order valence-electron chi connectivity index (χ4n) is 1.84. The van der Waals surface area contributed by atoms with E-state index in [-0.39, 0.29) is 24.6 Å². The van der Waals surface area contributed by atoms with Gasteiger partial charge in [0.2, 0.25) is 5.91 Å². The third-order valence-electron chi connectivity index (χ3n) is 2.88. The number of aliphatic carboxylic acids is 1. The lowest BCUT2D eigenvalue weighted by Gasteiger charge is -2.09. The molecular weight excluding hydrogens is 234 g/mol. The largest absolute Gasteiger partial charge is 0.507 e. The van der Waals surface area contributed by atoms with Crippen LogP contribution in [0.4, 0.5) is 0 Å². The highest BCUT2D eigenvalue weighted by molar-refractivity contribution is 5.87. The van der Waals surface area contributed by atoms with Crippen LogP contribution in [0, 0.1) is 5.92 Å². The molecule has 0 radical (unpaired) electrons. The predicted molar refractivity (Wildman–Crippen MR) is 64.6 cm³/mol. The summed E-state index contributed by atoms with van der Waals surface area (Å²) >= 11 is 0. The van der Waals surface area contributed by atoms with Gasteiger partial charge in [-0.3, -0.25) is 9.59 Å². The van der Waals surface area contributed by atoms with Gasteiger partial charge in [-0.15, -0.1) is 0 Å². The topological polar surface area (TPSA) is 77.8 Å². The average molecular weight is 247 g/mol. The van der Waals surface area contributed by atoms with Gasteiger partial charge in [-0.25, -0.2) is 0 Å². The number of aromatic hydroxyl groups is 1. The number of benzene rings is 1. The van der Waals surface area contributed by atoms with E-state index in [1.165, 1.54) is 11.1 Å². The maximum atomic E-state index is 11.5. The van der Waals surface area contributed by atoms with Gasteiger partial charge in [-0.2, -0.15) is 0 Å². The molecule has 5 heteroatoms. The monoisotopic (exact) mass is 247 g/mol. The summed E-state index contributed by atoms with van der Waals surface area (Å²) in [6.07, 6.45) is 3.14. The van der Waals surface area contributed by atoms with Gasteiger partial charge >= 0.3 is 5.97 Å². The summed E-state index contributed by atoms with van der Waals surface area (Å²) in [6.45, 7) is 0.179. The number of hydrogen-bond donors (Lipinski definition) is 2. The number of para-hydroxylation sites is 1. The Morgan fingerprint density at radius 1 is 1.39 bits per heavy atom. The van der Waals surface area contributed by atoms with Crippen LogP contribution in [-0.4, -0.2) is 33.5 Å². The molecule has 1 saturated heterocycles. The Hall–Kier alpha value is -2.30. The van der Waals surface area contributed by atoms with Crippen LogP contribution in [0.3, 0.4) is 0 Å². The number of likely N-dealkylation sites (tertiary alicyclic amines) is 1. The van der Waals surface area contributed by atoms with Crippen molar-refractivity contribution in [2.45, 2.75) is 6.42 Å². The first-order valence-corrected chi connectivity index (χ1v) is 5.56. The van der Waals surface area contributed by atoms with E-state index >= 15 is 0 Å². The number of carboxylic acids is 1. The molecule has 0 spiro atoms. The summed E-state index contributed by atoms with van der Waals surface area (Å²) in [7, 11) is 0. The molecular formula is C13H13NO4. The number of carboxylic acid groups (broad SMARTS) is 1. The number of hydrogen-bond acceptors (Lipinski definition) is 3. The van der Waals surface area contributed by atoms with Crippen molar-refractivity contribution in [3.63, 3.8) is 0 Å². The molecule has 1 atom stereocenters. The molecule has 2 N–H and O–H groups in total. The van der Waals surface area contributed by atoms with Crippen LogP contribution in [0.5, 0.6) is 5.75 Å². The van der Waals surface area contributed by atoms with Crippen LogP contribution in [0.15, 0.2) is 30.5 Å². The van der Waals surface area contributed by atoms with Crippen molar-refractivity contribution in [2.75, 3.05) is 6.54 Å². The Bertz CT molecular complexity index is 509. The lowest BCUT2D eigenvalue weighted by Crippen LogP contribution is -2.20. The van der Waals surface area contributed by atoms with Gasteiger partial charge in [0.05, 0.1) is 5.92 Å². The van der Waals surface area contributed by atoms with E-state index < -0.39 is 11.9 Å². The molecule has 0 saturated carbocycles. The summed E-state index contributed by atoms with van der Waals surface area (Å²) in [5.74, 6) is -1.70. The molecule has 94 valence electrons. The quantitative estimate of drug-likeness (QED) is 0.843. The molecule has 18 heavy (non-hydrogen) atoms. The standard InChI is InChI=1S/C13H13NO4/c15-11-4-2-1-3-9(11)5-6-14-8-10(13(17)18)7-12(14)16/h1-6,10,15H,7-8H2,(H,17,18).